The zero-order chi connectivity index (χ0) is 14.4. The van der Waals surface area contributed by atoms with E-state index in [1.807, 2.05) is 38.2 Å². The Morgan fingerprint density at radius 2 is 2.15 bits per heavy atom. The number of hydrogen-bond donors (Lipinski definition) is 1. The molecule has 0 unspecified atom stereocenters. The number of para-hydroxylation sites is 1. The van der Waals surface area contributed by atoms with Crippen LogP contribution in [0.5, 0.6) is 5.75 Å². The van der Waals surface area contributed by atoms with Crippen LogP contribution in [-0.2, 0) is 4.79 Å². The number of aryl methyl sites for hydroxylation is 1. The first-order valence-electron chi connectivity index (χ1n) is 7.32. The summed E-state index contributed by atoms with van der Waals surface area (Å²) in [5, 5.41) is 3.35. The van der Waals surface area contributed by atoms with E-state index in [-0.39, 0.29) is 5.91 Å². The van der Waals surface area contributed by atoms with Gasteiger partial charge in [-0.1, -0.05) is 18.2 Å². The Labute approximate surface area is 121 Å². The lowest BCUT2D eigenvalue weighted by Gasteiger charge is -2.18. The largest absolute Gasteiger partial charge is 0.491 e. The Kier molecular flexibility index (Phi) is 5.41. The number of likely N-dealkylation sites (N-methyl/N-ethyl adjacent to an activating group) is 1. The van der Waals surface area contributed by atoms with E-state index in [0.717, 1.165) is 17.9 Å². The van der Waals surface area contributed by atoms with E-state index in [1.165, 1.54) is 12.8 Å². The highest BCUT2D eigenvalue weighted by atomic mass is 16.5. The van der Waals surface area contributed by atoms with Crippen molar-refractivity contribution in [2.24, 2.45) is 0 Å². The topological polar surface area (TPSA) is 41.6 Å². The number of carbonyl (C=O) groups is 1. The van der Waals surface area contributed by atoms with Crippen molar-refractivity contribution in [1.29, 1.82) is 0 Å². The van der Waals surface area contributed by atoms with Gasteiger partial charge in [0.05, 0.1) is 6.54 Å². The molecule has 1 aliphatic rings. The third-order valence-corrected chi connectivity index (χ3v) is 3.55. The van der Waals surface area contributed by atoms with Gasteiger partial charge in [0.25, 0.3) is 0 Å². The summed E-state index contributed by atoms with van der Waals surface area (Å²) in [5.74, 6) is 1.07. The average Bonchev–Trinajstić information content (AvgIpc) is 3.25. The van der Waals surface area contributed by atoms with Crippen LogP contribution in [0.3, 0.4) is 0 Å². The van der Waals surface area contributed by atoms with Gasteiger partial charge in [-0.2, -0.15) is 0 Å². The molecule has 1 saturated carbocycles. The highest BCUT2D eigenvalue weighted by Crippen LogP contribution is 2.18. The average molecular weight is 276 g/mol. The summed E-state index contributed by atoms with van der Waals surface area (Å²) in [5.41, 5.74) is 1.12. The first kappa shape index (κ1) is 14.9. The first-order chi connectivity index (χ1) is 9.66. The fourth-order valence-electron chi connectivity index (χ4n) is 2.00. The summed E-state index contributed by atoms with van der Waals surface area (Å²) >= 11 is 0. The SMILES string of the molecule is Cc1ccccc1OCCN(C)C(=O)CCNC1CC1. The maximum absolute atomic E-state index is 11.9. The van der Waals surface area contributed by atoms with Gasteiger partial charge in [-0.3, -0.25) is 4.79 Å². The van der Waals surface area contributed by atoms with E-state index < -0.39 is 0 Å². The summed E-state index contributed by atoms with van der Waals surface area (Å²) in [4.78, 5) is 13.6. The van der Waals surface area contributed by atoms with E-state index in [4.69, 9.17) is 4.74 Å². The highest BCUT2D eigenvalue weighted by molar-refractivity contribution is 5.76. The number of amides is 1. The molecule has 20 heavy (non-hydrogen) atoms. The van der Waals surface area contributed by atoms with Crippen molar-refractivity contribution in [1.82, 2.24) is 10.2 Å². The summed E-state index contributed by atoms with van der Waals surface area (Å²) < 4.78 is 5.70. The molecule has 0 spiro atoms. The number of nitrogens with one attached hydrogen (secondary N) is 1. The molecule has 1 aliphatic carbocycles. The van der Waals surface area contributed by atoms with Gasteiger partial charge in [-0.25, -0.2) is 0 Å². The predicted octanol–water partition coefficient (Wildman–Crippen LogP) is 1.97. The standard InChI is InChI=1S/C16H24N2O2/c1-13-5-3-4-6-15(13)20-12-11-18(2)16(19)9-10-17-14-7-8-14/h3-6,14,17H,7-12H2,1-2H3. The zero-order valence-corrected chi connectivity index (χ0v) is 12.4. The normalized spacial score (nSPS) is 14.1. The predicted molar refractivity (Wildman–Crippen MR) is 80.0 cm³/mol. The molecule has 0 atom stereocenters. The maximum atomic E-state index is 11.9. The number of rotatable bonds is 8. The second-order valence-electron chi connectivity index (χ2n) is 5.41. The van der Waals surface area contributed by atoms with E-state index in [2.05, 4.69) is 5.32 Å². The Hall–Kier alpha value is -1.55. The molecular weight excluding hydrogens is 252 g/mol. The highest BCUT2D eigenvalue weighted by Gasteiger charge is 2.20. The van der Waals surface area contributed by atoms with Crippen LogP contribution in [0.25, 0.3) is 0 Å². The summed E-state index contributed by atoms with van der Waals surface area (Å²) in [6, 6.07) is 8.59. The van der Waals surface area contributed by atoms with Crippen LogP contribution in [0.2, 0.25) is 0 Å². The lowest BCUT2D eigenvalue weighted by molar-refractivity contribution is -0.130. The van der Waals surface area contributed by atoms with Crippen LogP contribution in [0.1, 0.15) is 24.8 Å². The van der Waals surface area contributed by atoms with Crippen molar-refractivity contribution in [3.63, 3.8) is 0 Å². The van der Waals surface area contributed by atoms with Crippen LogP contribution in [0.4, 0.5) is 0 Å². The van der Waals surface area contributed by atoms with Crippen molar-refractivity contribution in [3.8, 4) is 5.75 Å². The number of nitrogens with zero attached hydrogens (tertiary/aromatic N) is 1. The monoisotopic (exact) mass is 276 g/mol. The van der Waals surface area contributed by atoms with Gasteiger partial charge in [-0.05, 0) is 31.4 Å². The van der Waals surface area contributed by atoms with Crippen LogP contribution >= 0.6 is 0 Å². The molecular formula is C16H24N2O2. The fourth-order valence-corrected chi connectivity index (χ4v) is 2.00. The number of carbonyl (C=O) groups excluding carboxylic acids is 1. The molecule has 1 aromatic rings. The Morgan fingerprint density at radius 1 is 1.40 bits per heavy atom. The van der Waals surface area contributed by atoms with Gasteiger partial charge in [0.1, 0.15) is 12.4 Å². The van der Waals surface area contributed by atoms with Crippen molar-refractivity contribution in [3.05, 3.63) is 29.8 Å². The van der Waals surface area contributed by atoms with Crippen LogP contribution < -0.4 is 10.1 Å². The lowest BCUT2D eigenvalue weighted by atomic mass is 10.2. The van der Waals surface area contributed by atoms with Gasteiger partial charge >= 0.3 is 0 Å². The maximum Gasteiger partial charge on any atom is 0.223 e. The Balaban J connectivity index is 1.62. The summed E-state index contributed by atoms with van der Waals surface area (Å²) in [7, 11) is 1.83. The molecule has 4 heteroatoms. The smallest absolute Gasteiger partial charge is 0.223 e. The molecule has 1 N–H and O–H groups in total. The third-order valence-electron chi connectivity index (χ3n) is 3.55. The molecule has 0 aliphatic heterocycles. The van der Waals surface area contributed by atoms with E-state index in [9.17, 15) is 4.79 Å². The molecule has 0 radical (unpaired) electrons. The van der Waals surface area contributed by atoms with E-state index >= 15 is 0 Å². The lowest BCUT2D eigenvalue weighted by Crippen LogP contribution is -2.33. The zero-order valence-electron chi connectivity index (χ0n) is 12.4. The van der Waals surface area contributed by atoms with Gasteiger partial charge in [0.2, 0.25) is 5.91 Å². The quantitative estimate of drug-likeness (QED) is 0.789. The third kappa shape index (κ3) is 4.85. The minimum absolute atomic E-state index is 0.173. The minimum Gasteiger partial charge on any atom is -0.491 e. The van der Waals surface area contributed by atoms with Crippen molar-refractivity contribution in [2.45, 2.75) is 32.2 Å². The fraction of sp³-hybridized carbons (Fsp3) is 0.562. The van der Waals surface area contributed by atoms with Crippen molar-refractivity contribution in [2.75, 3.05) is 26.7 Å². The molecule has 110 valence electrons. The molecule has 0 bridgehead atoms. The molecule has 1 fully saturated rings. The van der Waals surface area contributed by atoms with Crippen molar-refractivity contribution < 1.29 is 9.53 Å². The second kappa shape index (κ2) is 7.29. The number of hydrogen-bond acceptors (Lipinski definition) is 3. The molecule has 0 heterocycles. The van der Waals surface area contributed by atoms with Gasteiger partial charge in [0.15, 0.2) is 0 Å². The van der Waals surface area contributed by atoms with Gasteiger partial charge < -0.3 is 15.0 Å². The molecule has 1 aromatic carbocycles. The molecule has 0 aromatic heterocycles. The number of benzene rings is 1. The second-order valence-corrected chi connectivity index (χ2v) is 5.41. The van der Waals surface area contributed by atoms with Gasteiger partial charge in [0, 0.05) is 26.1 Å². The van der Waals surface area contributed by atoms with Crippen molar-refractivity contribution >= 4 is 5.91 Å². The van der Waals surface area contributed by atoms with E-state index in [1.54, 1.807) is 4.90 Å². The molecule has 4 nitrogen and oxygen atoms in total. The number of ether oxygens (including phenoxy) is 1. The van der Waals surface area contributed by atoms with Crippen LogP contribution in [-0.4, -0.2) is 43.6 Å². The van der Waals surface area contributed by atoms with Gasteiger partial charge in [-0.15, -0.1) is 0 Å². The molecule has 0 saturated heterocycles. The molecule has 1 amide bonds. The summed E-state index contributed by atoms with van der Waals surface area (Å²) in [6.07, 6.45) is 3.08. The summed E-state index contributed by atoms with van der Waals surface area (Å²) in [6.45, 7) is 3.96. The van der Waals surface area contributed by atoms with E-state index in [0.29, 0.717) is 25.6 Å². The minimum atomic E-state index is 0.173. The molecule has 2 rings (SSSR count). The first-order valence-corrected chi connectivity index (χ1v) is 7.32. The Bertz CT molecular complexity index is 444. The Morgan fingerprint density at radius 3 is 2.85 bits per heavy atom. The van der Waals surface area contributed by atoms with Crippen LogP contribution in [0, 0.1) is 6.92 Å². The van der Waals surface area contributed by atoms with Crippen LogP contribution in [0.15, 0.2) is 24.3 Å².